The van der Waals surface area contributed by atoms with E-state index >= 15 is 0 Å². The van der Waals surface area contributed by atoms with Crippen LogP contribution in [0.15, 0.2) is 29.4 Å². The second-order valence-corrected chi connectivity index (χ2v) is 6.47. The smallest absolute Gasteiger partial charge is 0.191 e. The van der Waals surface area contributed by atoms with Gasteiger partial charge in [0, 0.05) is 31.5 Å². The van der Waals surface area contributed by atoms with Gasteiger partial charge >= 0.3 is 0 Å². The maximum absolute atomic E-state index is 4.52. The number of aliphatic imine (C=N–C) groups is 1. The van der Waals surface area contributed by atoms with Crippen LogP contribution >= 0.6 is 24.0 Å². The Hall–Kier alpha value is -1.64. The molecule has 0 spiro atoms. The summed E-state index contributed by atoms with van der Waals surface area (Å²) in [4.78, 5) is 8.78. The van der Waals surface area contributed by atoms with Crippen LogP contribution in [-0.2, 0) is 6.54 Å². The van der Waals surface area contributed by atoms with E-state index in [9.17, 15) is 0 Å². The summed E-state index contributed by atoms with van der Waals surface area (Å²) in [5, 5.41) is 11.2. The molecule has 0 amide bonds. The van der Waals surface area contributed by atoms with Crippen LogP contribution in [-0.4, -0.2) is 33.8 Å². The molecule has 0 fully saturated rings. The van der Waals surface area contributed by atoms with Crippen molar-refractivity contribution in [3.8, 4) is 5.82 Å². The van der Waals surface area contributed by atoms with Gasteiger partial charge in [0.2, 0.25) is 0 Å². The number of guanidine groups is 1. The van der Waals surface area contributed by atoms with Crippen LogP contribution in [0, 0.1) is 19.8 Å². The van der Waals surface area contributed by atoms with Crippen molar-refractivity contribution in [1.82, 2.24) is 25.4 Å². The minimum atomic E-state index is 0. The van der Waals surface area contributed by atoms with Crippen molar-refractivity contribution in [1.29, 1.82) is 0 Å². The summed E-state index contributed by atoms with van der Waals surface area (Å²) in [7, 11) is 1.78. The topological polar surface area (TPSA) is 67.1 Å². The zero-order valence-corrected chi connectivity index (χ0v) is 18.2. The number of hydrogen-bond acceptors (Lipinski definition) is 3. The SMILES string of the molecule is CN=C(NCc1ccc(-n2nc(C)cc2C)nc1)NC(C)C(C)C.I. The Morgan fingerprint density at radius 2 is 1.96 bits per heavy atom. The van der Waals surface area contributed by atoms with Crippen LogP contribution in [0.3, 0.4) is 0 Å². The van der Waals surface area contributed by atoms with Crippen molar-refractivity contribution in [3.05, 3.63) is 41.3 Å². The molecule has 2 rings (SSSR count). The first-order valence-corrected chi connectivity index (χ1v) is 8.36. The van der Waals surface area contributed by atoms with Gasteiger partial charge < -0.3 is 10.6 Å². The Morgan fingerprint density at radius 3 is 2.44 bits per heavy atom. The van der Waals surface area contributed by atoms with Gasteiger partial charge in [-0.25, -0.2) is 9.67 Å². The zero-order valence-electron chi connectivity index (χ0n) is 15.9. The lowest BCUT2D eigenvalue weighted by Gasteiger charge is -2.20. The molecule has 2 aromatic heterocycles. The first-order valence-electron chi connectivity index (χ1n) is 8.36. The quantitative estimate of drug-likeness (QED) is 0.412. The highest BCUT2D eigenvalue weighted by molar-refractivity contribution is 14.0. The van der Waals surface area contributed by atoms with Gasteiger partial charge in [0.15, 0.2) is 11.8 Å². The third-order valence-electron chi connectivity index (χ3n) is 4.08. The minimum absolute atomic E-state index is 0. The summed E-state index contributed by atoms with van der Waals surface area (Å²) < 4.78 is 1.86. The molecule has 2 N–H and O–H groups in total. The van der Waals surface area contributed by atoms with Crippen molar-refractivity contribution in [3.63, 3.8) is 0 Å². The van der Waals surface area contributed by atoms with Gasteiger partial charge in [-0.1, -0.05) is 19.9 Å². The molecular formula is C18H29IN6. The molecular weight excluding hydrogens is 427 g/mol. The molecule has 138 valence electrons. The maximum Gasteiger partial charge on any atom is 0.191 e. The number of aryl methyl sites for hydroxylation is 2. The standard InChI is InChI=1S/C18H28N6.HI/c1-12(2)15(5)22-18(19-6)21-11-16-7-8-17(20-10-16)24-14(4)9-13(3)23-24;/h7-10,12,15H,11H2,1-6H3,(H2,19,21,22);1H. The number of nitrogens with one attached hydrogen (secondary N) is 2. The zero-order chi connectivity index (χ0) is 17.7. The Kier molecular flexibility index (Phi) is 8.34. The molecule has 0 saturated carbocycles. The third kappa shape index (κ3) is 5.98. The van der Waals surface area contributed by atoms with E-state index in [0.29, 0.717) is 18.5 Å². The number of aromatic nitrogens is 3. The molecule has 0 aliphatic heterocycles. The van der Waals surface area contributed by atoms with Crippen molar-refractivity contribution in [2.24, 2.45) is 10.9 Å². The number of nitrogens with zero attached hydrogens (tertiary/aromatic N) is 4. The Bertz CT molecular complexity index is 690. The van der Waals surface area contributed by atoms with Gasteiger partial charge in [-0.15, -0.1) is 24.0 Å². The molecule has 0 aliphatic carbocycles. The van der Waals surface area contributed by atoms with Crippen LogP contribution in [0.1, 0.15) is 37.7 Å². The van der Waals surface area contributed by atoms with Crippen LogP contribution in [0.5, 0.6) is 0 Å². The highest BCUT2D eigenvalue weighted by atomic mass is 127. The van der Waals surface area contributed by atoms with Gasteiger partial charge in [-0.05, 0) is 44.4 Å². The second kappa shape index (κ2) is 9.74. The van der Waals surface area contributed by atoms with Crippen molar-refractivity contribution < 1.29 is 0 Å². The Labute approximate surface area is 167 Å². The summed E-state index contributed by atoms with van der Waals surface area (Å²) in [5.74, 6) is 2.18. The lowest BCUT2D eigenvalue weighted by atomic mass is 10.1. The highest BCUT2D eigenvalue weighted by Gasteiger charge is 2.09. The van der Waals surface area contributed by atoms with Crippen molar-refractivity contribution in [2.45, 2.75) is 47.2 Å². The van der Waals surface area contributed by atoms with E-state index in [1.165, 1.54) is 0 Å². The summed E-state index contributed by atoms with van der Waals surface area (Å²) >= 11 is 0. The number of rotatable bonds is 5. The lowest BCUT2D eigenvalue weighted by Crippen LogP contribution is -2.43. The fourth-order valence-corrected chi connectivity index (χ4v) is 2.27. The average Bonchev–Trinajstić information content (AvgIpc) is 2.90. The Morgan fingerprint density at radius 1 is 1.24 bits per heavy atom. The predicted molar refractivity (Wildman–Crippen MR) is 114 cm³/mol. The fourth-order valence-electron chi connectivity index (χ4n) is 2.27. The highest BCUT2D eigenvalue weighted by Crippen LogP contribution is 2.10. The summed E-state index contributed by atoms with van der Waals surface area (Å²) in [5.41, 5.74) is 3.17. The van der Waals surface area contributed by atoms with E-state index in [-0.39, 0.29) is 24.0 Å². The van der Waals surface area contributed by atoms with E-state index in [0.717, 1.165) is 28.7 Å². The van der Waals surface area contributed by atoms with E-state index in [2.05, 4.69) is 52.5 Å². The van der Waals surface area contributed by atoms with Crippen LogP contribution < -0.4 is 10.6 Å². The van der Waals surface area contributed by atoms with Crippen LogP contribution in [0.25, 0.3) is 5.82 Å². The first kappa shape index (κ1) is 21.4. The van der Waals surface area contributed by atoms with Gasteiger partial charge in [-0.3, -0.25) is 4.99 Å². The monoisotopic (exact) mass is 456 g/mol. The molecule has 0 aliphatic rings. The number of halogens is 1. The number of hydrogen-bond donors (Lipinski definition) is 2. The van der Waals surface area contributed by atoms with Crippen molar-refractivity contribution >= 4 is 29.9 Å². The first-order chi connectivity index (χ1) is 11.4. The Balaban J connectivity index is 0.00000312. The van der Waals surface area contributed by atoms with Gasteiger partial charge in [-0.2, -0.15) is 5.10 Å². The second-order valence-electron chi connectivity index (χ2n) is 6.47. The van der Waals surface area contributed by atoms with E-state index < -0.39 is 0 Å². The molecule has 2 aromatic rings. The summed E-state index contributed by atoms with van der Waals surface area (Å²) in [6, 6.07) is 6.46. The van der Waals surface area contributed by atoms with Gasteiger partial charge in [0.25, 0.3) is 0 Å². The van der Waals surface area contributed by atoms with Crippen LogP contribution in [0.2, 0.25) is 0 Å². The molecule has 0 radical (unpaired) electrons. The van der Waals surface area contributed by atoms with Crippen LogP contribution in [0.4, 0.5) is 0 Å². The number of pyridine rings is 1. The normalized spacial score (nSPS) is 12.7. The molecule has 1 unspecified atom stereocenters. The molecule has 25 heavy (non-hydrogen) atoms. The molecule has 7 heteroatoms. The fraction of sp³-hybridized carbons (Fsp3) is 0.500. The van der Waals surface area contributed by atoms with Crippen molar-refractivity contribution in [2.75, 3.05) is 7.05 Å². The van der Waals surface area contributed by atoms with E-state index in [4.69, 9.17) is 0 Å². The molecule has 0 bridgehead atoms. The lowest BCUT2D eigenvalue weighted by molar-refractivity contribution is 0.481. The molecule has 0 saturated heterocycles. The third-order valence-corrected chi connectivity index (χ3v) is 4.08. The molecule has 0 aromatic carbocycles. The molecule has 6 nitrogen and oxygen atoms in total. The van der Waals surface area contributed by atoms with E-state index in [1.807, 2.05) is 36.9 Å². The van der Waals surface area contributed by atoms with Gasteiger partial charge in [0.05, 0.1) is 5.69 Å². The minimum Gasteiger partial charge on any atom is -0.354 e. The molecule has 1 atom stereocenters. The maximum atomic E-state index is 4.52. The van der Waals surface area contributed by atoms with E-state index in [1.54, 1.807) is 7.05 Å². The van der Waals surface area contributed by atoms with Gasteiger partial charge in [0.1, 0.15) is 0 Å². The molecule has 2 heterocycles. The predicted octanol–water partition coefficient (Wildman–Crippen LogP) is 3.21. The summed E-state index contributed by atoms with van der Waals surface area (Å²) in [6.45, 7) is 11.2. The largest absolute Gasteiger partial charge is 0.354 e. The summed E-state index contributed by atoms with van der Waals surface area (Å²) in [6.07, 6.45) is 1.87. The average molecular weight is 456 g/mol.